The van der Waals surface area contributed by atoms with Crippen LogP contribution in [0.4, 0.5) is 5.82 Å². The van der Waals surface area contributed by atoms with Gasteiger partial charge < -0.3 is 9.80 Å². The zero-order chi connectivity index (χ0) is 18.6. The van der Waals surface area contributed by atoms with Gasteiger partial charge in [0.2, 0.25) is 11.6 Å². The number of aryl methyl sites for hydroxylation is 1. The van der Waals surface area contributed by atoms with Crippen LogP contribution in [0.5, 0.6) is 0 Å². The molecule has 1 saturated heterocycles. The van der Waals surface area contributed by atoms with Gasteiger partial charge in [-0.2, -0.15) is 0 Å². The fourth-order valence-corrected chi connectivity index (χ4v) is 4.13. The smallest absolute Gasteiger partial charge is 0.232 e. The Morgan fingerprint density at radius 2 is 1.89 bits per heavy atom. The first kappa shape index (κ1) is 17.8. The maximum absolute atomic E-state index is 12.5. The SMILES string of the molecule is Cc1nnc2c(N3CCN(C(=O)CSCc4ccccc4)CC3)nccn12. The van der Waals surface area contributed by atoms with Crippen LogP contribution in [0.2, 0.25) is 0 Å². The maximum Gasteiger partial charge on any atom is 0.232 e. The van der Waals surface area contributed by atoms with Gasteiger partial charge in [-0.3, -0.25) is 9.20 Å². The lowest BCUT2D eigenvalue weighted by atomic mass is 10.2. The monoisotopic (exact) mass is 382 g/mol. The average molecular weight is 382 g/mol. The van der Waals surface area contributed by atoms with Crippen molar-refractivity contribution in [1.82, 2.24) is 24.5 Å². The quantitative estimate of drug-likeness (QED) is 0.673. The fraction of sp³-hybridized carbons (Fsp3) is 0.368. The second-order valence-electron chi connectivity index (χ2n) is 6.54. The summed E-state index contributed by atoms with van der Waals surface area (Å²) in [5.41, 5.74) is 2.02. The highest BCUT2D eigenvalue weighted by atomic mass is 32.2. The third kappa shape index (κ3) is 3.90. The number of hydrogen-bond acceptors (Lipinski definition) is 6. The highest BCUT2D eigenvalue weighted by Crippen LogP contribution is 2.20. The molecule has 7 nitrogen and oxygen atoms in total. The van der Waals surface area contributed by atoms with Crippen molar-refractivity contribution in [1.29, 1.82) is 0 Å². The van der Waals surface area contributed by atoms with Gasteiger partial charge in [-0.25, -0.2) is 4.98 Å². The molecule has 0 spiro atoms. The average Bonchev–Trinajstić information content (AvgIpc) is 3.10. The normalized spacial score (nSPS) is 14.7. The van der Waals surface area contributed by atoms with Crippen molar-refractivity contribution >= 4 is 29.1 Å². The van der Waals surface area contributed by atoms with Gasteiger partial charge in [-0.1, -0.05) is 30.3 Å². The van der Waals surface area contributed by atoms with Crippen LogP contribution in [0.25, 0.3) is 5.65 Å². The fourth-order valence-electron chi connectivity index (χ4n) is 3.24. The first-order valence-corrected chi connectivity index (χ1v) is 10.2. The van der Waals surface area contributed by atoms with Crippen molar-refractivity contribution in [3.05, 3.63) is 54.1 Å². The van der Waals surface area contributed by atoms with Crippen LogP contribution in [0.3, 0.4) is 0 Å². The summed E-state index contributed by atoms with van der Waals surface area (Å²) >= 11 is 1.67. The van der Waals surface area contributed by atoms with Gasteiger partial charge >= 0.3 is 0 Å². The minimum atomic E-state index is 0.208. The number of piperazine rings is 1. The molecule has 0 N–H and O–H groups in total. The highest BCUT2D eigenvalue weighted by molar-refractivity contribution is 7.99. The van der Waals surface area contributed by atoms with E-state index in [2.05, 4.69) is 32.2 Å². The number of aromatic nitrogens is 4. The minimum Gasteiger partial charge on any atom is -0.350 e. The first-order valence-electron chi connectivity index (χ1n) is 9.03. The van der Waals surface area contributed by atoms with E-state index in [0.29, 0.717) is 18.8 Å². The molecule has 0 saturated carbocycles. The third-order valence-electron chi connectivity index (χ3n) is 4.75. The topological polar surface area (TPSA) is 66.6 Å². The number of benzene rings is 1. The number of hydrogen-bond donors (Lipinski definition) is 0. The van der Waals surface area contributed by atoms with E-state index in [4.69, 9.17) is 0 Å². The molecule has 140 valence electrons. The molecule has 0 unspecified atom stereocenters. The molecule has 3 heterocycles. The van der Waals surface area contributed by atoms with E-state index < -0.39 is 0 Å². The molecule has 27 heavy (non-hydrogen) atoms. The summed E-state index contributed by atoms with van der Waals surface area (Å²) < 4.78 is 1.94. The molecule has 0 radical (unpaired) electrons. The Morgan fingerprint density at radius 1 is 1.11 bits per heavy atom. The van der Waals surface area contributed by atoms with Crippen molar-refractivity contribution in [2.75, 3.05) is 36.8 Å². The second-order valence-corrected chi connectivity index (χ2v) is 7.52. The van der Waals surface area contributed by atoms with Gasteiger partial charge in [0, 0.05) is 44.3 Å². The molecule has 3 aromatic rings. The van der Waals surface area contributed by atoms with Gasteiger partial charge in [0.05, 0.1) is 5.75 Å². The van der Waals surface area contributed by atoms with Crippen molar-refractivity contribution in [2.45, 2.75) is 12.7 Å². The molecule has 8 heteroatoms. The summed E-state index contributed by atoms with van der Waals surface area (Å²) in [6.45, 7) is 4.86. The summed E-state index contributed by atoms with van der Waals surface area (Å²) in [7, 11) is 0. The van der Waals surface area contributed by atoms with Crippen molar-refractivity contribution in [3.8, 4) is 0 Å². The van der Waals surface area contributed by atoms with E-state index in [1.165, 1.54) is 5.56 Å². The van der Waals surface area contributed by atoms with Crippen LogP contribution in [-0.2, 0) is 10.5 Å². The van der Waals surface area contributed by atoms with E-state index >= 15 is 0 Å². The Kier molecular flexibility index (Phi) is 5.24. The lowest BCUT2D eigenvalue weighted by molar-refractivity contribution is -0.128. The Labute approximate surface area is 162 Å². The van der Waals surface area contributed by atoms with Crippen LogP contribution < -0.4 is 4.90 Å². The summed E-state index contributed by atoms with van der Waals surface area (Å²) in [6.07, 6.45) is 3.65. The van der Waals surface area contributed by atoms with E-state index in [1.54, 1.807) is 18.0 Å². The molecular weight excluding hydrogens is 360 g/mol. The predicted molar refractivity (Wildman–Crippen MR) is 107 cm³/mol. The van der Waals surface area contributed by atoms with Crippen LogP contribution in [-0.4, -0.2) is 62.3 Å². The van der Waals surface area contributed by atoms with Crippen molar-refractivity contribution in [2.24, 2.45) is 0 Å². The predicted octanol–water partition coefficient (Wildman–Crippen LogP) is 2.01. The summed E-state index contributed by atoms with van der Waals surface area (Å²) in [6, 6.07) is 10.3. The molecular formula is C19H22N6OS. The molecule has 0 atom stereocenters. The molecule has 4 rings (SSSR count). The molecule has 1 aromatic carbocycles. The first-order chi connectivity index (χ1) is 13.2. The Balaban J connectivity index is 1.31. The lowest BCUT2D eigenvalue weighted by Crippen LogP contribution is -2.49. The summed E-state index contributed by atoms with van der Waals surface area (Å²) in [4.78, 5) is 21.1. The lowest BCUT2D eigenvalue weighted by Gasteiger charge is -2.35. The molecule has 1 fully saturated rings. The van der Waals surface area contributed by atoms with E-state index in [0.717, 1.165) is 36.1 Å². The minimum absolute atomic E-state index is 0.208. The van der Waals surface area contributed by atoms with Gasteiger partial charge in [0.15, 0.2) is 5.82 Å². The maximum atomic E-state index is 12.5. The van der Waals surface area contributed by atoms with Crippen molar-refractivity contribution in [3.63, 3.8) is 0 Å². The molecule has 0 bridgehead atoms. The molecule has 2 aromatic heterocycles. The van der Waals surface area contributed by atoms with E-state index in [1.807, 2.05) is 40.6 Å². The van der Waals surface area contributed by atoms with Gasteiger partial charge in [0.1, 0.15) is 5.82 Å². The van der Waals surface area contributed by atoms with Gasteiger partial charge in [-0.15, -0.1) is 22.0 Å². The molecule has 1 aliphatic heterocycles. The number of amides is 1. The number of thioether (sulfide) groups is 1. The highest BCUT2D eigenvalue weighted by Gasteiger charge is 2.23. The van der Waals surface area contributed by atoms with Crippen LogP contribution in [0, 0.1) is 6.92 Å². The Bertz CT molecular complexity index is 920. The van der Waals surface area contributed by atoms with Gasteiger partial charge in [-0.05, 0) is 12.5 Å². The van der Waals surface area contributed by atoms with Crippen LogP contribution in [0.1, 0.15) is 11.4 Å². The Morgan fingerprint density at radius 3 is 2.67 bits per heavy atom. The van der Waals surface area contributed by atoms with Crippen LogP contribution >= 0.6 is 11.8 Å². The van der Waals surface area contributed by atoms with Gasteiger partial charge in [0.25, 0.3) is 0 Å². The number of anilines is 1. The number of fused-ring (bicyclic) bond motifs is 1. The standard InChI is InChI=1S/C19H22N6OS/c1-15-21-22-19-18(20-7-8-25(15)19)24-11-9-23(10-12-24)17(26)14-27-13-16-5-3-2-4-6-16/h2-8H,9-14H2,1H3. The number of carbonyl (C=O) groups excluding carboxylic acids is 1. The van der Waals surface area contributed by atoms with E-state index in [-0.39, 0.29) is 5.91 Å². The third-order valence-corrected chi connectivity index (χ3v) is 5.74. The number of nitrogens with zero attached hydrogens (tertiary/aromatic N) is 6. The Hall–Kier alpha value is -2.61. The summed E-state index contributed by atoms with van der Waals surface area (Å²) in [5, 5.41) is 8.37. The summed E-state index contributed by atoms with van der Waals surface area (Å²) in [5.74, 6) is 3.28. The van der Waals surface area contributed by atoms with Crippen LogP contribution in [0.15, 0.2) is 42.7 Å². The van der Waals surface area contributed by atoms with E-state index in [9.17, 15) is 4.79 Å². The number of carbonyl (C=O) groups is 1. The molecule has 0 aliphatic carbocycles. The zero-order valence-electron chi connectivity index (χ0n) is 15.3. The number of rotatable bonds is 5. The molecule has 1 aliphatic rings. The largest absolute Gasteiger partial charge is 0.350 e. The van der Waals surface area contributed by atoms with Crippen molar-refractivity contribution < 1.29 is 4.79 Å². The second kappa shape index (κ2) is 7.96. The molecule has 1 amide bonds. The zero-order valence-corrected chi connectivity index (χ0v) is 16.1.